The zero-order valence-electron chi connectivity index (χ0n) is 12.0. The summed E-state index contributed by atoms with van der Waals surface area (Å²) in [6.45, 7) is 4.23. The van der Waals surface area contributed by atoms with E-state index in [1.54, 1.807) is 6.08 Å². The first kappa shape index (κ1) is 15.7. The first-order valence-corrected chi connectivity index (χ1v) is 7.14. The molecule has 1 atom stereocenters. The monoisotopic (exact) mass is 264 g/mol. The average Bonchev–Trinajstić information content (AvgIpc) is 2.77. The molecule has 3 heteroatoms. The minimum absolute atomic E-state index is 0.0409. The summed E-state index contributed by atoms with van der Waals surface area (Å²) < 4.78 is 5.22. The highest BCUT2D eigenvalue weighted by atomic mass is 16.5. The Morgan fingerprint density at radius 1 is 1.37 bits per heavy atom. The van der Waals surface area contributed by atoms with Crippen molar-refractivity contribution in [3.8, 4) is 0 Å². The smallest absolute Gasteiger partial charge is 0.320 e. The molecule has 0 aliphatic heterocycles. The topological polar surface area (TPSA) is 43.4 Å². The van der Waals surface area contributed by atoms with Crippen LogP contribution in [0.25, 0.3) is 0 Å². The van der Waals surface area contributed by atoms with E-state index < -0.39 is 5.41 Å². The Balaban J connectivity index is 2.70. The Labute approximate surface area is 115 Å². The van der Waals surface area contributed by atoms with Gasteiger partial charge in [-0.15, -0.1) is 0 Å². The summed E-state index contributed by atoms with van der Waals surface area (Å²) >= 11 is 0. The van der Waals surface area contributed by atoms with Gasteiger partial charge in [-0.2, -0.15) is 0 Å². The largest absolute Gasteiger partial charge is 0.461 e. The number of hydrogen-bond donors (Lipinski definition) is 0. The van der Waals surface area contributed by atoms with E-state index in [-0.39, 0.29) is 18.4 Å². The number of rotatable bonds is 7. The molecule has 0 aromatic rings. The summed E-state index contributed by atoms with van der Waals surface area (Å²) in [5.74, 6) is -0.312. The molecular weight excluding hydrogens is 240 g/mol. The maximum Gasteiger partial charge on any atom is 0.320 e. The molecule has 1 fully saturated rings. The molecule has 0 bridgehead atoms. The predicted molar refractivity (Wildman–Crippen MR) is 75.7 cm³/mol. The summed E-state index contributed by atoms with van der Waals surface area (Å²) in [6.07, 6.45) is 12.1. The SMILES string of the molecule is CC=CCOC(=O)C1(CC=CCCC)CCCC1=O. The molecule has 19 heavy (non-hydrogen) atoms. The molecule has 0 spiro atoms. The zero-order chi connectivity index (χ0) is 14.1. The lowest BCUT2D eigenvalue weighted by molar-refractivity contribution is -0.157. The van der Waals surface area contributed by atoms with Gasteiger partial charge in [0.15, 0.2) is 5.78 Å². The van der Waals surface area contributed by atoms with Crippen molar-refractivity contribution in [2.24, 2.45) is 5.41 Å². The number of unbranched alkanes of at least 4 members (excludes halogenated alkanes) is 1. The standard InChI is InChI=1S/C16H24O3/c1-3-5-7-8-11-16(12-9-10-14(16)17)15(18)19-13-6-4-2/h4,6-8H,3,5,9-13H2,1-2H3. The molecule has 1 aliphatic rings. The number of carbonyl (C=O) groups is 2. The number of allylic oxidation sites excluding steroid dienone is 3. The molecule has 0 amide bonds. The van der Waals surface area contributed by atoms with E-state index in [1.807, 2.05) is 25.2 Å². The van der Waals surface area contributed by atoms with Crippen LogP contribution in [0.5, 0.6) is 0 Å². The third-order valence-electron chi connectivity index (χ3n) is 3.57. The zero-order valence-corrected chi connectivity index (χ0v) is 12.0. The van der Waals surface area contributed by atoms with E-state index in [4.69, 9.17) is 4.74 Å². The number of hydrogen-bond acceptors (Lipinski definition) is 3. The van der Waals surface area contributed by atoms with Gasteiger partial charge >= 0.3 is 5.97 Å². The number of Topliss-reactive ketones (excluding diaryl/α,β-unsaturated/α-hetero) is 1. The van der Waals surface area contributed by atoms with Gasteiger partial charge in [-0.25, -0.2) is 0 Å². The van der Waals surface area contributed by atoms with Crippen molar-refractivity contribution < 1.29 is 14.3 Å². The number of esters is 1. The molecule has 0 saturated heterocycles. The van der Waals surface area contributed by atoms with E-state index in [1.165, 1.54) is 0 Å². The Morgan fingerprint density at radius 2 is 2.16 bits per heavy atom. The molecule has 0 aromatic heterocycles. The van der Waals surface area contributed by atoms with Gasteiger partial charge in [0, 0.05) is 6.42 Å². The molecule has 1 unspecified atom stereocenters. The van der Waals surface area contributed by atoms with Gasteiger partial charge in [-0.05, 0) is 32.6 Å². The van der Waals surface area contributed by atoms with Crippen LogP contribution in [-0.4, -0.2) is 18.4 Å². The molecule has 1 rings (SSSR count). The van der Waals surface area contributed by atoms with Gasteiger partial charge in [-0.3, -0.25) is 9.59 Å². The average molecular weight is 264 g/mol. The Bertz CT molecular complexity index is 368. The van der Waals surface area contributed by atoms with Crippen LogP contribution < -0.4 is 0 Å². The maximum absolute atomic E-state index is 12.2. The van der Waals surface area contributed by atoms with E-state index in [0.29, 0.717) is 19.3 Å². The van der Waals surface area contributed by atoms with Crippen LogP contribution in [0.4, 0.5) is 0 Å². The third kappa shape index (κ3) is 4.05. The van der Waals surface area contributed by atoms with Crippen molar-refractivity contribution in [1.82, 2.24) is 0 Å². The molecular formula is C16H24O3. The summed E-state index contributed by atoms with van der Waals surface area (Å²) in [7, 11) is 0. The molecule has 0 N–H and O–H groups in total. The second-order valence-electron chi connectivity index (χ2n) is 4.99. The molecule has 0 radical (unpaired) electrons. The Morgan fingerprint density at radius 3 is 2.74 bits per heavy atom. The Hall–Kier alpha value is -1.38. The van der Waals surface area contributed by atoms with Crippen molar-refractivity contribution in [3.05, 3.63) is 24.3 Å². The van der Waals surface area contributed by atoms with Crippen LogP contribution in [0.3, 0.4) is 0 Å². The minimum atomic E-state index is -0.911. The normalized spacial score (nSPS) is 23.6. The second-order valence-corrected chi connectivity index (χ2v) is 4.99. The van der Waals surface area contributed by atoms with E-state index >= 15 is 0 Å². The van der Waals surface area contributed by atoms with Gasteiger partial charge in [0.25, 0.3) is 0 Å². The quantitative estimate of drug-likeness (QED) is 0.401. The van der Waals surface area contributed by atoms with Crippen molar-refractivity contribution in [2.45, 2.75) is 52.4 Å². The first-order valence-electron chi connectivity index (χ1n) is 7.14. The van der Waals surface area contributed by atoms with Gasteiger partial charge in [-0.1, -0.05) is 37.6 Å². The third-order valence-corrected chi connectivity index (χ3v) is 3.57. The first-order chi connectivity index (χ1) is 9.17. The van der Waals surface area contributed by atoms with Crippen molar-refractivity contribution >= 4 is 11.8 Å². The van der Waals surface area contributed by atoms with Gasteiger partial charge in [0.2, 0.25) is 0 Å². The van der Waals surface area contributed by atoms with Crippen LogP contribution >= 0.6 is 0 Å². The van der Waals surface area contributed by atoms with Gasteiger partial charge in [0.1, 0.15) is 12.0 Å². The predicted octanol–water partition coefficient (Wildman–Crippen LogP) is 3.59. The highest BCUT2D eigenvalue weighted by molar-refractivity contribution is 6.05. The molecule has 1 aliphatic carbocycles. The number of ether oxygens (including phenoxy) is 1. The van der Waals surface area contributed by atoms with E-state index in [2.05, 4.69) is 6.92 Å². The van der Waals surface area contributed by atoms with E-state index in [9.17, 15) is 9.59 Å². The Kier molecular flexibility index (Phi) is 6.54. The summed E-state index contributed by atoms with van der Waals surface area (Å²) in [4.78, 5) is 24.3. The van der Waals surface area contributed by atoms with Crippen LogP contribution in [0.15, 0.2) is 24.3 Å². The summed E-state index contributed by atoms with van der Waals surface area (Å²) in [5, 5.41) is 0. The van der Waals surface area contributed by atoms with Gasteiger partial charge in [0.05, 0.1) is 0 Å². The second kappa shape index (κ2) is 7.93. The maximum atomic E-state index is 12.2. The summed E-state index contributed by atoms with van der Waals surface area (Å²) in [6, 6.07) is 0. The van der Waals surface area contributed by atoms with Crippen LogP contribution in [-0.2, 0) is 14.3 Å². The highest BCUT2D eigenvalue weighted by Gasteiger charge is 2.48. The summed E-state index contributed by atoms with van der Waals surface area (Å²) in [5.41, 5.74) is -0.911. The van der Waals surface area contributed by atoms with Crippen molar-refractivity contribution in [1.29, 1.82) is 0 Å². The molecule has 1 saturated carbocycles. The highest BCUT2D eigenvalue weighted by Crippen LogP contribution is 2.39. The molecule has 106 valence electrons. The molecule has 3 nitrogen and oxygen atoms in total. The molecule has 0 heterocycles. The van der Waals surface area contributed by atoms with Crippen LogP contribution in [0, 0.1) is 5.41 Å². The number of ketones is 1. The lowest BCUT2D eigenvalue weighted by atomic mass is 9.81. The van der Waals surface area contributed by atoms with Crippen molar-refractivity contribution in [2.75, 3.05) is 6.61 Å². The van der Waals surface area contributed by atoms with Crippen molar-refractivity contribution in [3.63, 3.8) is 0 Å². The number of carbonyl (C=O) groups excluding carboxylic acids is 2. The fourth-order valence-electron chi connectivity index (χ4n) is 2.37. The lowest BCUT2D eigenvalue weighted by Gasteiger charge is -2.23. The van der Waals surface area contributed by atoms with Crippen LogP contribution in [0.1, 0.15) is 52.4 Å². The minimum Gasteiger partial charge on any atom is -0.461 e. The molecule has 0 aromatic carbocycles. The van der Waals surface area contributed by atoms with Gasteiger partial charge < -0.3 is 4.74 Å². The lowest BCUT2D eigenvalue weighted by Crippen LogP contribution is -2.36. The fraction of sp³-hybridized carbons (Fsp3) is 0.625. The fourth-order valence-corrected chi connectivity index (χ4v) is 2.37. The van der Waals surface area contributed by atoms with E-state index in [0.717, 1.165) is 19.3 Å². The van der Waals surface area contributed by atoms with Crippen LogP contribution in [0.2, 0.25) is 0 Å².